The molecule has 0 spiro atoms. The molecular weight excluding hydrogens is 176 g/mol. The molecule has 1 saturated carbocycles. The van der Waals surface area contributed by atoms with E-state index in [9.17, 15) is 0 Å². The third-order valence-corrected chi connectivity index (χ3v) is 3.70. The fourth-order valence-corrected chi connectivity index (χ4v) is 2.84. The lowest BCUT2D eigenvalue weighted by Crippen LogP contribution is -2.51. The molecule has 0 aromatic carbocycles. The number of nitrogens with zero attached hydrogens (tertiary/aromatic N) is 2. The summed E-state index contributed by atoms with van der Waals surface area (Å²) >= 11 is 0. The van der Waals surface area contributed by atoms with Crippen LogP contribution in [0.5, 0.6) is 0 Å². The molecule has 0 unspecified atom stereocenters. The highest BCUT2D eigenvalue weighted by molar-refractivity contribution is 5.90. The number of rotatable bonds is 1. The fourth-order valence-electron chi connectivity index (χ4n) is 2.84. The summed E-state index contributed by atoms with van der Waals surface area (Å²) in [5.74, 6) is 1.05. The van der Waals surface area contributed by atoms with E-state index in [-0.39, 0.29) is 0 Å². The summed E-state index contributed by atoms with van der Waals surface area (Å²) in [6.45, 7) is 6.68. The number of hydrogen-bond acceptors (Lipinski definition) is 3. The summed E-state index contributed by atoms with van der Waals surface area (Å²) in [5, 5.41) is 12.5. The van der Waals surface area contributed by atoms with Crippen LogP contribution in [0.15, 0.2) is 5.16 Å². The predicted octanol–water partition coefficient (Wildman–Crippen LogP) is 1.96. The maximum atomic E-state index is 8.99. The topological polar surface area (TPSA) is 35.8 Å². The Kier molecular flexibility index (Phi) is 2.77. The Morgan fingerprint density at radius 1 is 1.29 bits per heavy atom. The van der Waals surface area contributed by atoms with Crippen molar-refractivity contribution in [2.24, 2.45) is 17.0 Å². The molecule has 1 N–H and O–H groups in total. The molecule has 80 valence electrons. The van der Waals surface area contributed by atoms with Gasteiger partial charge in [-0.3, -0.25) is 4.90 Å². The van der Waals surface area contributed by atoms with Crippen LogP contribution in [0.1, 0.15) is 33.1 Å². The van der Waals surface area contributed by atoms with Crippen LogP contribution in [0.2, 0.25) is 0 Å². The molecule has 2 bridgehead atoms. The average Bonchev–Trinajstić information content (AvgIpc) is 2.15. The summed E-state index contributed by atoms with van der Waals surface area (Å²) in [6.07, 6.45) is 3.72. The maximum Gasteiger partial charge on any atom is 0.0657 e. The molecule has 0 amide bonds. The minimum atomic E-state index is 0.523. The monoisotopic (exact) mass is 196 g/mol. The largest absolute Gasteiger partial charge is 0.411 e. The summed E-state index contributed by atoms with van der Waals surface area (Å²) in [7, 11) is 0. The van der Waals surface area contributed by atoms with E-state index in [1.165, 1.54) is 19.3 Å². The van der Waals surface area contributed by atoms with Crippen molar-refractivity contribution >= 4 is 5.71 Å². The van der Waals surface area contributed by atoms with Crippen LogP contribution in [-0.4, -0.2) is 35.0 Å². The number of piperidine rings is 1. The average molecular weight is 196 g/mol. The minimum Gasteiger partial charge on any atom is -0.411 e. The summed E-state index contributed by atoms with van der Waals surface area (Å²) in [5.41, 5.74) is 1.08. The van der Waals surface area contributed by atoms with Gasteiger partial charge in [0.2, 0.25) is 0 Å². The van der Waals surface area contributed by atoms with Crippen LogP contribution in [0.3, 0.4) is 0 Å². The van der Waals surface area contributed by atoms with Gasteiger partial charge in [0.25, 0.3) is 0 Å². The van der Waals surface area contributed by atoms with Crippen LogP contribution in [-0.2, 0) is 0 Å². The van der Waals surface area contributed by atoms with Crippen molar-refractivity contribution in [3.63, 3.8) is 0 Å². The van der Waals surface area contributed by atoms with Crippen LogP contribution in [0.25, 0.3) is 0 Å². The molecule has 3 nitrogen and oxygen atoms in total. The van der Waals surface area contributed by atoms with Crippen molar-refractivity contribution < 1.29 is 5.21 Å². The quantitative estimate of drug-likeness (QED) is 0.514. The molecule has 2 atom stereocenters. The van der Waals surface area contributed by atoms with Crippen LogP contribution >= 0.6 is 0 Å². The lowest BCUT2D eigenvalue weighted by atomic mass is 9.75. The molecule has 1 aliphatic carbocycles. The first-order valence-electron chi connectivity index (χ1n) is 5.68. The number of oxime groups is 1. The van der Waals surface area contributed by atoms with E-state index in [1.54, 1.807) is 0 Å². The van der Waals surface area contributed by atoms with E-state index >= 15 is 0 Å². The Labute approximate surface area is 85.8 Å². The number of fused-ring (bicyclic) bond motifs is 2. The lowest BCUT2D eigenvalue weighted by Gasteiger charge is -2.43. The first kappa shape index (κ1) is 9.97. The summed E-state index contributed by atoms with van der Waals surface area (Å²) in [4.78, 5) is 2.52. The summed E-state index contributed by atoms with van der Waals surface area (Å²) < 4.78 is 0. The van der Waals surface area contributed by atoms with Crippen molar-refractivity contribution in [3.8, 4) is 0 Å². The van der Waals surface area contributed by atoms with Gasteiger partial charge in [-0.15, -0.1) is 0 Å². The van der Waals surface area contributed by atoms with Gasteiger partial charge in [0.05, 0.1) is 5.71 Å². The number of hydrogen-bond donors (Lipinski definition) is 1. The van der Waals surface area contributed by atoms with E-state index < -0.39 is 0 Å². The molecule has 0 radical (unpaired) electrons. The van der Waals surface area contributed by atoms with Gasteiger partial charge in [0.1, 0.15) is 0 Å². The molecular formula is C11H20N2O. The van der Waals surface area contributed by atoms with E-state index in [0.29, 0.717) is 17.9 Å². The molecule has 2 fully saturated rings. The third kappa shape index (κ3) is 1.65. The van der Waals surface area contributed by atoms with Gasteiger partial charge in [0.15, 0.2) is 0 Å². The van der Waals surface area contributed by atoms with Gasteiger partial charge in [-0.05, 0) is 26.7 Å². The second-order valence-electron chi connectivity index (χ2n) is 4.90. The third-order valence-electron chi connectivity index (χ3n) is 3.70. The Morgan fingerprint density at radius 2 is 1.86 bits per heavy atom. The smallest absolute Gasteiger partial charge is 0.0657 e. The van der Waals surface area contributed by atoms with Crippen molar-refractivity contribution in [1.82, 2.24) is 4.90 Å². The highest BCUT2D eigenvalue weighted by atomic mass is 16.4. The zero-order valence-electron chi connectivity index (χ0n) is 9.11. The molecule has 1 saturated heterocycles. The molecule has 0 aromatic rings. The van der Waals surface area contributed by atoms with Gasteiger partial charge < -0.3 is 5.21 Å². The minimum absolute atomic E-state index is 0.523. The molecule has 2 rings (SSSR count). The highest BCUT2D eigenvalue weighted by Crippen LogP contribution is 2.33. The zero-order chi connectivity index (χ0) is 10.1. The van der Waals surface area contributed by atoms with Crippen molar-refractivity contribution in [2.45, 2.75) is 39.2 Å². The number of likely N-dealkylation sites (tertiary alicyclic amines) is 1. The zero-order valence-corrected chi connectivity index (χ0v) is 9.11. The Balaban J connectivity index is 2.12. The first-order valence-corrected chi connectivity index (χ1v) is 5.68. The van der Waals surface area contributed by atoms with Crippen LogP contribution in [0, 0.1) is 11.8 Å². The van der Waals surface area contributed by atoms with E-state index in [4.69, 9.17) is 5.21 Å². The van der Waals surface area contributed by atoms with E-state index in [2.05, 4.69) is 23.9 Å². The standard InChI is InChI=1S/C11H20N2O/c1-8(2)13-6-9-4-3-5-10(7-13)11(9)12-14/h8-10,14H,3-7H2,1-2H3/t9-,10-/m1/s1. The Morgan fingerprint density at radius 3 is 2.29 bits per heavy atom. The van der Waals surface area contributed by atoms with Crippen LogP contribution in [0.4, 0.5) is 0 Å². The second-order valence-corrected chi connectivity index (χ2v) is 4.90. The molecule has 2 aliphatic rings. The maximum absolute atomic E-state index is 8.99. The molecule has 1 aliphatic heterocycles. The Bertz CT molecular complexity index is 221. The van der Waals surface area contributed by atoms with E-state index in [1.807, 2.05) is 0 Å². The lowest BCUT2D eigenvalue weighted by molar-refractivity contribution is 0.136. The summed E-state index contributed by atoms with van der Waals surface area (Å²) in [6, 6.07) is 0.623. The molecule has 0 aromatic heterocycles. The van der Waals surface area contributed by atoms with Gasteiger partial charge in [-0.25, -0.2) is 0 Å². The fraction of sp³-hybridized carbons (Fsp3) is 0.909. The van der Waals surface area contributed by atoms with Crippen LogP contribution < -0.4 is 0 Å². The molecule has 1 heterocycles. The van der Waals surface area contributed by atoms with Gasteiger partial charge in [-0.2, -0.15) is 0 Å². The van der Waals surface area contributed by atoms with Crippen molar-refractivity contribution in [1.29, 1.82) is 0 Å². The predicted molar refractivity (Wildman–Crippen MR) is 56.8 cm³/mol. The SMILES string of the molecule is CC(C)N1C[C@H]2CCC[C@H](C1)C2=NO. The first-order chi connectivity index (χ1) is 6.72. The molecule has 3 heteroatoms. The van der Waals surface area contributed by atoms with Crippen molar-refractivity contribution in [2.75, 3.05) is 13.1 Å². The normalized spacial score (nSPS) is 33.5. The Hall–Kier alpha value is -0.570. The highest BCUT2D eigenvalue weighted by Gasteiger charge is 2.37. The second kappa shape index (κ2) is 3.89. The molecule has 14 heavy (non-hydrogen) atoms. The van der Waals surface area contributed by atoms with Crippen molar-refractivity contribution in [3.05, 3.63) is 0 Å². The van der Waals surface area contributed by atoms with E-state index in [0.717, 1.165) is 18.8 Å². The van der Waals surface area contributed by atoms with Gasteiger partial charge in [0, 0.05) is 31.0 Å². The van der Waals surface area contributed by atoms with Gasteiger partial charge in [-0.1, -0.05) is 11.6 Å². The van der Waals surface area contributed by atoms with Gasteiger partial charge >= 0.3 is 0 Å².